The summed E-state index contributed by atoms with van der Waals surface area (Å²) < 4.78 is 21.6. The minimum absolute atomic E-state index is 0.0144. The summed E-state index contributed by atoms with van der Waals surface area (Å²) in [7, 11) is 1.58. The van der Waals surface area contributed by atoms with Crippen molar-refractivity contribution in [3.05, 3.63) is 71.5 Å². The summed E-state index contributed by atoms with van der Waals surface area (Å²) in [5.74, 6) is 0.263. The third-order valence-corrected chi connectivity index (χ3v) is 4.89. The largest absolute Gasteiger partial charge is 0.496 e. The van der Waals surface area contributed by atoms with Crippen LogP contribution in [0.2, 0.25) is 0 Å². The van der Waals surface area contributed by atoms with Crippen molar-refractivity contribution < 1.29 is 28.5 Å². The summed E-state index contributed by atoms with van der Waals surface area (Å²) in [6.45, 7) is 3.11. The lowest BCUT2D eigenvalue weighted by Crippen LogP contribution is -2.30. The standard InChI is InChI=1S/C26H25N3O6/c1-4-33-26(31)24(35-17(2)30)14-19-13-18(15-27)9-10-22(19)34-16-20-11-12-28-25(29-20)21-7-5-6-8-23(21)32-3/h5-13,24H,4,14,16H2,1-3H3/t24-/m1/s1. The summed E-state index contributed by atoms with van der Waals surface area (Å²) in [5, 5.41) is 9.32. The van der Waals surface area contributed by atoms with E-state index in [1.54, 1.807) is 44.5 Å². The first-order valence-corrected chi connectivity index (χ1v) is 10.9. The molecular weight excluding hydrogens is 450 g/mol. The van der Waals surface area contributed by atoms with E-state index >= 15 is 0 Å². The van der Waals surface area contributed by atoms with Gasteiger partial charge in [0, 0.05) is 19.5 Å². The summed E-state index contributed by atoms with van der Waals surface area (Å²) >= 11 is 0. The molecule has 0 bridgehead atoms. The molecule has 35 heavy (non-hydrogen) atoms. The molecule has 3 aromatic rings. The molecule has 0 aliphatic carbocycles. The molecule has 0 saturated heterocycles. The van der Waals surface area contributed by atoms with Crippen LogP contribution in [0.25, 0.3) is 11.4 Å². The second-order valence-electron chi connectivity index (χ2n) is 7.35. The summed E-state index contributed by atoms with van der Waals surface area (Å²) in [4.78, 5) is 32.8. The van der Waals surface area contributed by atoms with E-state index in [4.69, 9.17) is 18.9 Å². The van der Waals surface area contributed by atoms with Gasteiger partial charge in [0.2, 0.25) is 6.10 Å². The van der Waals surface area contributed by atoms with Crippen LogP contribution in [0.4, 0.5) is 0 Å². The molecular formula is C26H25N3O6. The summed E-state index contributed by atoms with van der Waals surface area (Å²) in [6.07, 6.45) is 0.449. The number of nitriles is 1. The van der Waals surface area contributed by atoms with Crippen molar-refractivity contribution in [1.82, 2.24) is 9.97 Å². The number of carbonyl (C=O) groups is 2. The maximum Gasteiger partial charge on any atom is 0.347 e. The SMILES string of the molecule is CCOC(=O)[C@@H](Cc1cc(C#N)ccc1OCc1ccnc(-c2ccccc2OC)n1)OC(C)=O. The Labute approximate surface area is 203 Å². The van der Waals surface area contributed by atoms with E-state index in [-0.39, 0.29) is 19.6 Å². The van der Waals surface area contributed by atoms with Crippen molar-refractivity contribution in [2.45, 2.75) is 33.0 Å². The number of rotatable bonds is 10. The number of methoxy groups -OCH3 is 1. The van der Waals surface area contributed by atoms with Gasteiger partial charge in [-0.2, -0.15) is 5.26 Å². The van der Waals surface area contributed by atoms with Crippen LogP contribution in [0.15, 0.2) is 54.7 Å². The molecule has 1 aromatic heterocycles. The lowest BCUT2D eigenvalue weighted by molar-refractivity contribution is -0.166. The third kappa shape index (κ3) is 6.77. The van der Waals surface area contributed by atoms with Gasteiger partial charge in [0.05, 0.1) is 36.6 Å². The number of carbonyl (C=O) groups excluding carboxylic acids is 2. The van der Waals surface area contributed by atoms with Crippen molar-refractivity contribution in [2.24, 2.45) is 0 Å². The molecule has 1 heterocycles. The van der Waals surface area contributed by atoms with E-state index in [0.29, 0.717) is 34.1 Å². The molecule has 0 unspecified atom stereocenters. The molecule has 0 spiro atoms. The third-order valence-electron chi connectivity index (χ3n) is 4.89. The summed E-state index contributed by atoms with van der Waals surface area (Å²) in [5.41, 5.74) is 2.24. The Morgan fingerprint density at radius 3 is 2.63 bits per heavy atom. The highest BCUT2D eigenvalue weighted by Crippen LogP contribution is 2.27. The van der Waals surface area contributed by atoms with Crippen LogP contribution in [0.5, 0.6) is 11.5 Å². The molecule has 1 atom stereocenters. The zero-order valence-corrected chi connectivity index (χ0v) is 19.7. The fourth-order valence-corrected chi connectivity index (χ4v) is 3.35. The molecule has 0 saturated carbocycles. The average Bonchev–Trinajstić information content (AvgIpc) is 2.87. The van der Waals surface area contributed by atoms with Crippen molar-refractivity contribution in [3.8, 4) is 29.0 Å². The second-order valence-corrected chi connectivity index (χ2v) is 7.35. The van der Waals surface area contributed by atoms with Crippen molar-refractivity contribution in [2.75, 3.05) is 13.7 Å². The Kier molecular flexibility index (Phi) is 8.73. The lowest BCUT2D eigenvalue weighted by atomic mass is 10.0. The molecule has 0 aliphatic rings. The topological polar surface area (TPSA) is 121 Å². The molecule has 0 aliphatic heterocycles. The van der Waals surface area contributed by atoms with Crippen LogP contribution in [-0.2, 0) is 32.1 Å². The quantitative estimate of drug-likeness (QED) is 0.405. The Morgan fingerprint density at radius 2 is 1.91 bits per heavy atom. The first kappa shape index (κ1) is 25.2. The van der Waals surface area contributed by atoms with Gasteiger partial charge in [-0.1, -0.05) is 12.1 Å². The highest BCUT2D eigenvalue weighted by atomic mass is 16.6. The number of nitrogens with zero attached hydrogens (tertiary/aromatic N) is 3. The zero-order chi connectivity index (χ0) is 25.2. The lowest BCUT2D eigenvalue weighted by Gasteiger charge is -2.18. The molecule has 9 nitrogen and oxygen atoms in total. The van der Waals surface area contributed by atoms with Crippen LogP contribution in [0.1, 0.15) is 30.7 Å². The minimum Gasteiger partial charge on any atom is -0.496 e. The number of hydrogen-bond acceptors (Lipinski definition) is 9. The number of benzene rings is 2. The van der Waals surface area contributed by atoms with Crippen LogP contribution < -0.4 is 9.47 Å². The zero-order valence-electron chi connectivity index (χ0n) is 19.7. The summed E-state index contributed by atoms with van der Waals surface area (Å²) in [6, 6.07) is 16.0. The number of aromatic nitrogens is 2. The van der Waals surface area contributed by atoms with Gasteiger partial charge in [-0.05, 0) is 48.9 Å². The molecule has 3 rings (SSSR count). The molecule has 9 heteroatoms. The maximum absolute atomic E-state index is 12.3. The fraction of sp³-hybridized carbons (Fsp3) is 0.269. The molecule has 0 radical (unpaired) electrons. The number of esters is 2. The highest BCUT2D eigenvalue weighted by molar-refractivity contribution is 5.79. The van der Waals surface area contributed by atoms with Crippen molar-refractivity contribution in [3.63, 3.8) is 0 Å². The monoisotopic (exact) mass is 475 g/mol. The predicted octanol–water partition coefficient (Wildman–Crippen LogP) is 3.64. The van der Waals surface area contributed by atoms with E-state index in [2.05, 4.69) is 16.0 Å². The average molecular weight is 476 g/mol. The number of para-hydroxylation sites is 1. The van der Waals surface area contributed by atoms with E-state index in [1.165, 1.54) is 6.92 Å². The van der Waals surface area contributed by atoms with E-state index < -0.39 is 18.0 Å². The van der Waals surface area contributed by atoms with Crippen LogP contribution in [0.3, 0.4) is 0 Å². The van der Waals surface area contributed by atoms with Gasteiger partial charge in [0.1, 0.15) is 18.1 Å². The fourth-order valence-electron chi connectivity index (χ4n) is 3.35. The Morgan fingerprint density at radius 1 is 1.11 bits per heavy atom. The highest BCUT2D eigenvalue weighted by Gasteiger charge is 2.25. The van der Waals surface area contributed by atoms with Crippen LogP contribution in [-0.4, -0.2) is 41.7 Å². The first-order chi connectivity index (χ1) is 16.9. The van der Waals surface area contributed by atoms with Gasteiger partial charge in [-0.15, -0.1) is 0 Å². The van der Waals surface area contributed by atoms with Crippen molar-refractivity contribution in [1.29, 1.82) is 5.26 Å². The number of hydrogen-bond donors (Lipinski definition) is 0. The van der Waals surface area contributed by atoms with E-state index in [9.17, 15) is 14.9 Å². The van der Waals surface area contributed by atoms with Crippen molar-refractivity contribution >= 4 is 11.9 Å². The van der Waals surface area contributed by atoms with Gasteiger partial charge < -0.3 is 18.9 Å². The van der Waals surface area contributed by atoms with Crippen LogP contribution >= 0.6 is 0 Å². The molecule has 2 aromatic carbocycles. The van der Waals surface area contributed by atoms with Gasteiger partial charge >= 0.3 is 11.9 Å². The Bertz CT molecular complexity index is 1240. The Hall–Kier alpha value is -4.45. The maximum atomic E-state index is 12.3. The first-order valence-electron chi connectivity index (χ1n) is 10.9. The van der Waals surface area contributed by atoms with E-state index in [1.807, 2.05) is 24.3 Å². The minimum atomic E-state index is -1.17. The Balaban J connectivity index is 1.84. The van der Waals surface area contributed by atoms with Crippen LogP contribution in [0, 0.1) is 11.3 Å². The van der Waals surface area contributed by atoms with Gasteiger partial charge in [-0.3, -0.25) is 4.79 Å². The van der Waals surface area contributed by atoms with Gasteiger partial charge in [0.15, 0.2) is 5.82 Å². The number of ether oxygens (including phenoxy) is 4. The molecule has 0 N–H and O–H groups in total. The van der Waals surface area contributed by atoms with Gasteiger partial charge in [-0.25, -0.2) is 14.8 Å². The molecule has 0 amide bonds. The van der Waals surface area contributed by atoms with E-state index in [0.717, 1.165) is 5.56 Å². The normalized spacial score (nSPS) is 11.1. The second kappa shape index (κ2) is 12.1. The molecule has 180 valence electrons. The smallest absolute Gasteiger partial charge is 0.347 e. The van der Waals surface area contributed by atoms with Gasteiger partial charge in [0.25, 0.3) is 0 Å². The predicted molar refractivity (Wildman–Crippen MR) is 125 cm³/mol. The molecule has 0 fully saturated rings.